The molecule has 25 heavy (non-hydrogen) atoms. The van der Waals surface area contributed by atoms with Crippen LogP contribution in [0.1, 0.15) is 44.0 Å². The number of carbonyl (C=O) groups is 3. The van der Waals surface area contributed by atoms with Gasteiger partial charge in [-0.2, -0.15) is 0 Å². The summed E-state index contributed by atoms with van der Waals surface area (Å²) in [7, 11) is 0. The Kier molecular flexibility index (Phi) is 5.51. The Morgan fingerprint density at radius 3 is 2.64 bits per heavy atom. The average Bonchev–Trinajstić information content (AvgIpc) is 3.00. The number of anilines is 1. The quantitative estimate of drug-likeness (QED) is 0.716. The summed E-state index contributed by atoms with van der Waals surface area (Å²) in [4.78, 5) is 37.2. The van der Waals surface area contributed by atoms with Crippen molar-refractivity contribution in [1.29, 1.82) is 0 Å². The predicted octanol–water partition coefficient (Wildman–Crippen LogP) is 1.63. The van der Waals surface area contributed by atoms with Crippen LogP contribution in [-0.4, -0.2) is 41.0 Å². The highest BCUT2D eigenvalue weighted by Crippen LogP contribution is 2.21. The van der Waals surface area contributed by atoms with Crippen LogP contribution in [0.2, 0.25) is 0 Å². The second-order valence-corrected chi connectivity index (χ2v) is 6.89. The maximum atomic E-state index is 12.6. The Hall–Kier alpha value is -2.77. The lowest BCUT2D eigenvalue weighted by Gasteiger charge is -2.22. The standard InChI is InChI=1S/C17H24N4O4/c1-17(2,3)25-16(24)20-19-12-7-4-6-11(10-12)15(23)21-9-5-8-13(21)14(18)22/h4,6-7,10,13,19H,5,8-9H2,1-3H3,(H2,18,22)(H,20,24). The number of amides is 3. The fourth-order valence-electron chi connectivity index (χ4n) is 2.63. The van der Waals surface area contributed by atoms with E-state index in [-0.39, 0.29) is 5.91 Å². The minimum absolute atomic E-state index is 0.262. The summed E-state index contributed by atoms with van der Waals surface area (Å²) in [5.41, 5.74) is 10.8. The highest BCUT2D eigenvalue weighted by molar-refractivity contribution is 5.98. The van der Waals surface area contributed by atoms with Gasteiger partial charge in [-0.15, -0.1) is 0 Å². The number of nitrogens with one attached hydrogen (secondary N) is 2. The van der Waals surface area contributed by atoms with E-state index in [2.05, 4.69) is 10.9 Å². The summed E-state index contributed by atoms with van der Waals surface area (Å²) in [6, 6.07) is 6.06. The van der Waals surface area contributed by atoms with Crippen molar-refractivity contribution in [2.24, 2.45) is 5.73 Å². The third kappa shape index (κ3) is 5.10. The monoisotopic (exact) mass is 348 g/mol. The molecule has 0 spiro atoms. The molecule has 0 aliphatic carbocycles. The molecule has 3 amide bonds. The van der Waals surface area contributed by atoms with Crippen molar-refractivity contribution < 1.29 is 19.1 Å². The summed E-state index contributed by atoms with van der Waals surface area (Å²) in [6.07, 6.45) is 0.703. The van der Waals surface area contributed by atoms with Crippen molar-refractivity contribution in [3.8, 4) is 0 Å². The summed E-state index contributed by atoms with van der Waals surface area (Å²) in [5.74, 6) is -0.756. The number of nitrogens with zero attached hydrogens (tertiary/aromatic N) is 1. The lowest BCUT2D eigenvalue weighted by atomic mass is 10.1. The Balaban J connectivity index is 2.02. The number of carbonyl (C=O) groups excluding carboxylic acids is 3. The van der Waals surface area contributed by atoms with E-state index in [1.54, 1.807) is 45.0 Å². The van der Waals surface area contributed by atoms with Crippen molar-refractivity contribution in [2.45, 2.75) is 45.3 Å². The SMILES string of the molecule is CC(C)(C)OC(=O)NNc1cccc(C(=O)N2CCCC2C(N)=O)c1. The summed E-state index contributed by atoms with van der Waals surface area (Å²) in [6.45, 7) is 5.78. The summed E-state index contributed by atoms with van der Waals surface area (Å²) in [5, 5.41) is 0. The minimum atomic E-state index is -0.627. The lowest BCUT2D eigenvalue weighted by molar-refractivity contribution is -0.121. The van der Waals surface area contributed by atoms with E-state index in [0.717, 1.165) is 6.42 Å². The zero-order chi connectivity index (χ0) is 18.6. The van der Waals surface area contributed by atoms with E-state index in [0.29, 0.717) is 24.2 Å². The molecule has 1 heterocycles. The van der Waals surface area contributed by atoms with E-state index >= 15 is 0 Å². The number of likely N-dealkylation sites (tertiary alicyclic amines) is 1. The van der Waals surface area contributed by atoms with Gasteiger partial charge in [0, 0.05) is 12.1 Å². The molecule has 1 fully saturated rings. The largest absolute Gasteiger partial charge is 0.443 e. The molecule has 1 aliphatic rings. The van der Waals surface area contributed by atoms with E-state index < -0.39 is 23.6 Å². The third-order valence-electron chi connectivity index (χ3n) is 3.66. The highest BCUT2D eigenvalue weighted by atomic mass is 16.6. The molecule has 0 saturated carbocycles. The van der Waals surface area contributed by atoms with Crippen LogP contribution in [0.15, 0.2) is 24.3 Å². The Bertz CT molecular complexity index is 669. The van der Waals surface area contributed by atoms with E-state index in [1.165, 1.54) is 4.90 Å². The van der Waals surface area contributed by atoms with Crippen LogP contribution in [-0.2, 0) is 9.53 Å². The smallest absolute Gasteiger partial charge is 0.426 e. The molecule has 2 rings (SSSR count). The first-order chi connectivity index (χ1) is 11.7. The molecule has 0 aromatic heterocycles. The van der Waals surface area contributed by atoms with E-state index in [1.807, 2.05) is 0 Å². The van der Waals surface area contributed by atoms with Crippen molar-refractivity contribution in [2.75, 3.05) is 12.0 Å². The zero-order valence-electron chi connectivity index (χ0n) is 14.7. The first-order valence-corrected chi connectivity index (χ1v) is 8.13. The maximum absolute atomic E-state index is 12.6. The predicted molar refractivity (Wildman–Crippen MR) is 92.7 cm³/mol. The molecular formula is C17H24N4O4. The van der Waals surface area contributed by atoms with Crippen LogP contribution in [0.3, 0.4) is 0 Å². The highest BCUT2D eigenvalue weighted by Gasteiger charge is 2.33. The molecular weight excluding hydrogens is 324 g/mol. The summed E-state index contributed by atoms with van der Waals surface area (Å²) >= 11 is 0. The van der Waals surface area contributed by atoms with Gasteiger partial charge >= 0.3 is 6.09 Å². The van der Waals surface area contributed by atoms with Gasteiger partial charge in [-0.1, -0.05) is 6.07 Å². The molecule has 1 aliphatic heterocycles. The van der Waals surface area contributed by atoms with Gasteiger partial charge in [-0.25, -0.2) is 10.2 Å². The molecule has 1 unspecified atom stereocenters. The maximum Gasteiger partial charge on any atom is 0.426 e. The van der Waals surface area contributed by atoms with Crippen LogP contribution >= 0.6 is 0 Å². The Morgan fingerprint density at radius 2 is 2.00 bits per heavy atom. The van der Waals surface area contributed by atoms with Crippen molar-refractivity contribution >= 4 is 23.6 Å². The third-order valence-corrected chi connectivity index (χ3v) is 3.66. The van der Waals surface area contributed by atoms with Crippen LogP contribution in [0, 0.1) is 0 Å². The number of rotatable bonds is 4. The number of nitrogens with two attached hydrogens (primary N) is 1. The van der Waals surface area contributed by atoms with Gasteiger partial charge in [-0.3, -0.25) is 15.0 Å². The molecule has 8 heteroatoms. The summed E-state index contributed by atoms with van der Waals surface area (Å²) < 4.78 is 5.12. The van der Waals surface area contributed by atoms with Crippen LogP contribution in [0.5, 0.6) is 0 Å². The van der Waals surface area contributed by atoms with Gasteiger partial charge in [0.05, 0.1) is 5.69 Å². The number of hydrogen-bond acceptors (Lipinski definition) is 5. The van der Waals surface area contributed by atoms with Gasteiger partial charge in [-0.05, 0) is 51.8 Å². The molecule has 4 N–H and O–H groups in total. The number of hydrazine groups is 1. The zero-order valence-corrected chi connectivity index (χ0v) is 14.7. The van der Waals surface area contributed by atoms with E-state index in [9.17, 15) is 14.4 Å². The normalized spacial score (nSPS) is 17.1. The van der Waals surface area contributed by atoms with Gasteiger partial charge in [0.25, 0.3) is 5.91 Å². The molecule has 1 saturated heterocycles. The molecule has 0 radical (unpaired) electrons. The van der Waals surface area contributed by atoms with Gasteiger partial charge < -0.3 is 15.4 Å². The second kappa shape index (κ2) is 7.42. The topological polar surface area (TPSA) is 114 Å². The molecule has 1 atom stereocenters. The molecule has 0 bridgehead atoms. The molecule has 8 nitrogen and oxygen atoms in total. The van der Waals surface area contributed by atoms with E-state index in [4.69, 9.17) is 10.5 Å². The van der Waals surface area contributed by atoms with Gasteiger partial charge in [0.2, 0.25) is 5.91 Å². The minimum Gasteiger partial charge on any atom is -0.443 e. The number of hydrogen-bond donors (Lipinski definition) is 3. The Morgan fingerprint density at radius 1 is 1.28 bits per heavy atom. The van der Waals surface area contributed by atoms with Crippen molar-refractivity contribution in [3.05, 3.63) is 29.8 Å². The number of benzene rings is 1. The lowest BCUT2D eigenvalue weighted by Crippen LogP contribution is -2.43. The van der Waals surface area contributed by atoms with Crippen molar-refractivity contribution in [3.63, 3.8) is 0 Å². The second-order valence-electron chi connectivity index (χ2n) is 6.89. The first kappa shape index (κ1) is 18.6. The van der Waals surface area contributed by atoms with Gasteiger partial charge in [0.1, 0.15) is 11.6 Å². The molecule has 1 aromatic rings. The fourth-order valence-corrected chi connectivity index (χ4v) is 2.63. The van der Waals surface area contributed by atoms with Gasteiger partial charge in [0.15, 0.2) is 0 Å². The fraction of sp³-hybridized carbons (Fsp3) is 0.471. The van der Waals surface area contributed by atoms with Crippen LogP contribution in [0.25, 0.3) is 0 Å². The Labute approximate surface area is 146 Å². The van der Waals surface area contributed by atoms with Crippen LogP contribution < -0.4 is 16.6 Å². The number of primary amides is 1. The van der Waals surface area contributed by atoms with Crippen LogP contribution in [0.4, 0.5) is 10.5 Å². The molecule has 136 valence electrons. The first-order valence-electron chi connectivity index (χ1n) is 8.13. The van der Waals surface area contributed by atoms with Crippen molar-refractivity contribution in [1.82, 2.24) is 10.3 Å². The average molecular weight is 348 g/mol. The molecule has 1 aromatic carbocycles. The number of ether oxygens (including phenoxy) is 1.